The third-order valence-corrected chi connectivity index (χ3v) is 1.91. The largest absolute Gasteiger partial charge is 0.230 e. The summed E-state index contributed by atoms with van der Waals surface area (Å²) in [7, 11) is 0. The SMILES string of the molecule is Cc1cc[n+](F)c(C)c1C. The van der Waals surface area contributed by atoms with E-state index in [9.17, 15) is 4.48 Å². The standard InChI is InChI=1S/C8H11FN/c1-6-4-5-10(9)8(3)7(6)2/h4-5H,1-3H3/q+1. The van der Waals surface area contributed by atoms with Crippen molar-refractivity contribution >= 4 is 0 Å². The molecular formula is C8H11FN+. The molecule has 0 radical (unpaired) electrons. The Morgan fingerprint density at radius 3 is 2.40 bits per heavy atom. The highest BCUT2D eigenvalue weighted by Crippen LogP contribution is 2.06. The molecule has 0 aliphatic heterocycles. The molecule has 1 heterocycles. The summed E-state index contributed by atoms with van der Waals surface area (Å²) >= 11 is 0. The quantitative estimate of drug-likeness (QED) is 0.515. The summed E-state index contributed by atoms with van der Waals surface area (Å²) in [6.45, 7) is 5.66. The molecule has 0 saturated heterocycles. The molecule has 0 bridgehead atoms. The van der Waals surface area contributed by atoms with Crippen LogP contribution < -0.4 is 4.79 Å². The molecule has 0 saturated carbocycles. The lowest BCUT2D eigenvalue weighted by Crippen LogP contribution is -2.27. The van der Waals surface area contributed by atoms with Crippen LogP contribution in [0.4, 0.5) is 4.48 Å². The van der Waals surface area contributed by atoms with Crippen molar-refractivity contribution in [2.24, 2.45) is 0 Å². The van der Waals surface area contributed by atoms with Gasteiger partial charge in [-0.25, -0.2) is 0 Å². The Balaban J connectivity index is 3.34. The van der Waals surface area contributed by atoms with E-state index in [1.165, 1.54) is 6.20 Å². The Morgan fingerprint density at radius 2 is 1.90 bits per heavy atom. The van der Waals surface area contributed by atoms with E-state index in [4.69, 9.17) is 0 Å². The van der Waals surface area contributed by atoms with Gasteiger partial charge in [0.2, 0.25) is 11.9 Å². The summed E-state index contributed by atoms with van der Waals surface area (Å²) in [4.78, 5) is 0.641. The molecule has 0 aliphatic carbocycles. The molecule has 0 spiro atoms. The van der Waals surface area contributed by atoms with Gasteiger partial charge in [0.05, 0.1) is 4.48 Å². The van der Waals surface area contributed by atoms with Crippen LogP contribution in [0.15, 0.2) is 12.3 Å². The maximum Gasteiger partial charge on any atom is 0.230 e. The van der Waals surface area contributed by atoms with Gasteiger partial charge in [0.25, 0.3) is 0 Å². The smallest absolute Gasteiger partial charge is 0.0390 e. The first-order valence-electron chi connectivity index (χ1n) is 3.27. The number of nitrogens with zero attached hydrogens (tertiary/aromatic N) is 1. The van der Waals surface area contributed by atoms with Gasteiger partial charge in [-0.05, 0) is 19.4 Å². The molecule has 1 nitrogen and oxygen atoms in total. The molecule has 0 atom stereocenters. The van der Waals surface area contributed by atoms with Gasteiger partial charge in [0.1, 0.15) is 0 Å². The zero-order valence-corrected chi connectivity index (χ0v) is 6.48. The van der Waals surface area contributed by atoms with Crippen LogP contribution in [0.1, 0.15) is 16.8 Å². The second kappa shape index (κ2) is 2.37. The number of aryl methyl sites for hydroxylation is 1. The van der Waals surface area contributed by atoms with Crippen molar-refractivity contribution < 1.29 is 9.27 Å². The van der Waals surface area contributed by atoms with E-state index in [0.717, 1.165) is 11.1 Å². The van der Waals surface area contributed by atoms with Gasteiger partial charge in [-0.2, -0.15) is 0 Å². The molecule has 0 aromatic carbocycles. The average molecular weight is 140 g/mol. The summed E-state index contributed by atoms with van der Waals surface area (Å²) in [5.74, 6) is 0. The summed E-state index contributed by atoms with van der Waals surface area (Å²) in [5.41, 5.74) is 2.83. The normalized spacial score (nSPS) is 10.0. The van der Waals surface area contributed by atoms with Gasteiger partial charge in [-0.15, -0.1) is 0 Å². The summed E-state index contributed by atoms with van der Waals surface area (Å²) in [6.07, 6.45) is 1.43. The van der Waals surface area contributed by atoms with Crippen molar-refractivity contribution in [2.75, 3.05) is 0 Å². The van der Waals surface area contributed by atoms with Crippen LogP contribution in [0.3, 0.4) is 0 Å². The fourth-order valence-electron chi connectivity index (χ4n) is 0.860. The zero-order chi connectivity index (χ0) is 7.72. The Hall–Kier alpha value is -0.920. The molecule has 0 aliphatic rings. The van der Waals surface area contributed by atoms with Crippen LogP contribution in [0.2, 0.25) is 0 Å². The van der Waals surface area contributed by atoms with E-state index in [2.05, 4.69) is 0 Å². The fourth-order valence-corrected chi connectivity index (χ4v) is 0.860. The minimum absolute atomic E-state index is 0.641. The summed E-state index contributed by atoms with van der Waals surface area (Å²) in [6, 6.07) is 1.77. The lowest BCUT2D eigenvalue weighted by Gasteiger charge is -1.95. The monoisotopic (exact) mass is 140 g/mol. The minimum Gasteiger partial charge on any atom is -0.0390 e. The molecule has 1 aromatic heterocycles. The Labute approximate surface area is 60.1 Å². The number of pyridine rings is 1. The van der Waals surface area contributed by atoms with Crippen molar-refractivity contribution in [1.29, 1.82) is 0 Å². The Kier molecular flexibility index (Phi) is 1.70. The van der Waals surface area contributed by atoms with Crippen molar-refractivity contribution in [3.63, 3.8) is 0 Å². The molecule has 0 amide bonds. The highest BCUT2D eigenvalue weighted by atomic mass is 19.2. The number of halogens is 1. The maximum absolute atomic E-state index is 12.7. The number of hydrogen-bond donors (Lipinski definition) is 0. The Morgan fingerprint density at radius 1 is 1.30 bits per heavy atom. The zero-order valence-electron chi connectivity index (χ0n) is 6.48. The van der Waals surface area contributed by atoms with Gasteiger partial charge in [-0.1, -0.05) is 0 Å². The first-order chi connectivity index (χ1) is 4.63. The number of hydrogen-bond acceptors (Lipinski definition) is 0. The van der Waals surface area contributed by atoms with E-state index in [-0.39, 0.29) is 0 Å². The number of aromatic nitrogens is 1. The van der Waals surface area contributed by atoms with E-state index in [1.54, 1.807) is 13.0 Å². The van der Waals surface area contributed by atoms with Gasteiger partial charge >= 0.3 is 0 Å². The third-order valence-electron chi connectivity index (χ3n) is 1.91. The second-order valence-corrected chi connectivity index (χ2v) is 2.52. The molecule has 54 valence electrons. The molecular weight excluding hydrogens is 129 g/mol. The lowest BCUT2D eigenvalue weighted by atomic mass is 10.1. The van der Waals surface area contributed by atoms with Crippen LogP contribution >= 0.6 is 0 Å². The Bertz CT molecular complexity index is 229. The molecule has 1 aromatic rings. The predicted octanol–water partition coefficient (Wildman–Crippen LogP) is 1.63. The van der Waals surface area contributed by atoms with Crippen LogP contribution in [0.25, 0.3) is 0 Å². The third kappa shape index (κ3) is 1.01. The van der Waals surface area contributed by atoms with E-state index in [1.807, 2.05) is 13.8 Å². The van der Waals surface area contributed by atoms with E-state index in [0.29, 0.717) is 10.5 Å². The molecule has 2 heteroatoms. The first kappa shape index (κ1) is 7.19. The molecule has 0 unspecified atom stereocenters. The van der Waals surface area contributed by atoms with Crippen molar-refractivity contribution in [1.82, 2.24) is 0 Å². The lowest BCUT2D eigenvalue weighted by molar-refractivity contribution is -0.848. The topological polar surface area (TPSA) is 3.88 Å². The van der Waals surface area contributed by atoms with Gasteiger partial charge < -0.3 is 0 Å². The van der Waals surface area contributed by atoms with Crippen molar-refractivity contribution in [2.45, 2.75) is 20.8 Å². The van der Waals surface area contributed by atoms with E-state index < -0.39 is 0 Å². The van der Waals surface area contributed by atoms with Crippen molar-refractivity contribution in [3.8, 4) is 0 Å². The summed E-state index contributed by atoms with van der Waals surface area (Å²) in [5, 5.41) is 0. The molecule has 10 heavy (non-hydrogen) atoms. The van der Waals surface area contributed by atoms with Crippen LogP contribution in [-0.4, -0.2) is 0 Å². The van der Waals surface area contributed by atoms with Crippen LogP contribution in [0, 0.1) is 20.8 Å². The van der Waals surface area contributed by atoms with Crippen LogP contribution in [-0.2, 0) is 0 Å². The second-order valence-electron chi connectivity index (χ2n) is 2.52. The average Bonchev–Trinajstić information content (AvgIpc) is 1.93. The minimum atomic E-state index is 0.641. The highest BCUT2D eigenvalue weighted by molar-refractivity contribution is 5.22. The van der Waals surface area contributed by atoms with Gasteiger partial charge in [0, 0.05) is 23.3 Å². The molecule has 0 N–H and O–H groups in total. The van der Waals surface area contributed by atoms with E-state index >= 15 is 0 Å². The molecule has 0 fully saturated rings. The van der Waals surface area contributed by atoms with Gasteiger partial charge in [0.15, 0.2) is 0 Å². The highest BCUT2D eigenvalue weighted by Gasteiger charge is 2.09. The van der Waals surface area contributed by atoms with Crippen molar-refractivity contribution in [3.05, 3.63) is 29.1 Å². The first-order valence-corrected chi connectivity index (χ1v) is 3.27. The predicted molar refractivity (Wildman–Crippen MR) is 37.4 cm³/mol. The van der Waals surface area contributed by atoms with Crippen LogP contribution in [0.5, 0.6) is 0 Å². The fraction of sp³-hybridized carbons (Fsp3) is 0.375. The van der Waals surface area contributed by atoms with Gasteiger partial charge in [-0.3, -0.25) is 0 Å². The summed E-state index contributed by atoms with van der Waals surface area (Å²) < 4.78 is 12.7. The molecule has 1 rings (SSSR count). The maximum atomic E-state index is 12.7. The number of rotatable bonds is 0.